The van der Waals surface area contributed by atoms with E-state index >= 15 is 0 Å². The maximum atomic E-state index is 10.9. The predicted octanol–water partition coefficient (Wildman–Crippen LogP) is 3.21. The van der Waals surface area contributed by atoms with Gasteiger partial charge in [-0.1, -0.05) is 18.2 Å². The molecule has 0 spiro atoms. The van der Waals surface area contributed by atoms with E-state index in [0.717, 1.165) is 17.5 Å². The van der Waals surface area contributed by atoms with Crippen LogP contribution in [0.5, 0.6) is 5.75 Å². The molecule has 0 aliphatic rings. The van der Waals surface area contributed by atoms with Crippen LogP contribution >= 0.6 is 0 Å². The second-order valence-corrected chi connectivity index (χ2v) is 4.34. The van der Waals surface area contributed by atoms with Gasteiger partial charge >= 0.3 is 0 Å². The lowest BCUT2D eigenvalue weighted by Crippen LogP contribution is -2.04. The van der Waals surface area contributed by atoms with E-state index in [1.165, 1.54) is 6.07 Å². The van der Waals surface area contributed by atoms with E-state index in [2.05, 4.69) is 5.32 Å². The highest BCUT2D eigenvalue weighted by Gasteiger charge is 2.15. The lowest BCUT2D eigenvalue weighted by atomic mass is 10.1. The Hall–Kier alpha value is -2.89. The third kappa shape index (κ3) is 3.36. The van der Waals surface area contributed by atoms with Crippen LogP contribution in [0.4, 0.5) is 11.4 Å². The lowest BCUT2D eigenvalue weighted by Gasteiger charge is -2.10. The average Bonchev–Trinajstić information content (AvgIpc) is 2.52. The van der Waals surface area contributed by atoms with Crippen molar-refractivity contribution in [2.75, 3.05) is 12.4 Å². The first kappa shape index (κ1) is 14.5. The molecule has 2 aromatic rings. The fourth-order valence-electron chi connectivity index (χ4n) is 1.96. The molecule has 21 heavy (non-hydrogen) atoms. The second kappa shape index (κ2) is 6.51. The first-order valence-corrected chi connectivity index (χ1v) is 6.30. The van der Waals surface area contributed by atoms with Crippen LogP contribution in [0.3, 0.4) is 0 Å². The minimum Gasteiger partial charge on any atom is -0.497 e. The summed E-state index contributed by atoms with van der Waals surface area (Å²) in [4.78, 5) is 10.5. The van der Waals surface area contributed by atoms with Gasteiger partial charge in [0.2, 0.25) is 0 Å². The summed E-state index contributed by atoms with van der Waals surface area (Å²) in [6.07, 6.45) is 0.995. The Morgan fingerprint density at radius 1 is 1.29 bits per heavy atom. The number of nitrogens with one attached hydrogen (secondary N) is 2. The molecule has 0 unspecified atom stereocenters. The van der Waals surface area contributed by atoms with E-state index < -0.39 is 4.92 Å². The number of anilines is 1. The maximum absolute atomic E-state index is 10.9. The molecule has 0 aliphatic carbocycles. The van der Waals surface area contributed by atoms with Crippen LogP contribution in [-0.4, -0.2) is 18.2 Å². The highest BCUT2D eigenvalue weighted by molar-refractivity contribution is 5.91. The molecule has 0 radical (unpaired) electrons. The molecule has 0 amide bonds. The first-order chi connectivity index (χ1) is 10.2. The van der Waals surface area contributed by atoms with E-state index in [9.17, 15) is 10.1 Å². The molecule has 0 saturated heterocycles. The number of benzene rings is 2. The molecule has 0 aliphatic heterocycles. The Morgan fingerprint density at radius 2 is 2.00 bits per heavy atom. The third-order valence-corrected chi connectivity index (χ3v) is 3.07. The van der Waals surface area contributed by atoms with E-state index in [-0.39, 0.29) is 11.3 Å². The zero-order valence-corrected chi connectivity index (χ0v) is 11.5. The second-order valence-electron chi connectivity index (χ2n) is 4.34. The summed E-state index contributed by atoms with van der Waals surface area (Å²) in [6.45, 7) is 0.506. The van der Waals surface area contributed by atoms with Crippen LogP contribution in [0, 0.1) is 15.5 Å². The smallest absolute Gasteiger partial charge is 0.280 e. The van der Waals surface area contributed by atoms with Crippen LogP contribution in [0.15, 0.2) is 42.5 Å². The molecule has 0 fully saturated rings. The van der Waals surface area contributed by atoms with Crippen molar-refractivity contribution in [3.05, 3.63) is 63.7 Å². The number of nitro groups is 1. The summed E-state index contributed by atoms with van der Waals surface area (Å²) in [5.74, 6) is 0.772. The Balaban J connectivity index is 2.17. The first-order valence-electron chi connectivity index (χ1n) is 6.30. The SMILES string of the molecule is COc1ccc(CNc2cccc([N+](=O)[O-])c2C=N)cc1. The van der Waals surface area contributed by atoms with Gasteiger partial charge < -0.3 is 15.5 Å². The zero-order valence-electron chi connectivity index (χ0n) is 11.5. The van der Waals surface area contributed by atoms with Gasteiger partial charge in [0.25, 0.3) is 5.69 Å². The largest absolute Gasteiger partial charge is 0.497 e. The molecule has 0 bridgehead atoms. The van der Waals surface area contributed by atoms with E-state index in [1.807, 2.05) is 24.3 Å². The topological polar surface area (TPSA) is 88.2 Å². The summed E-state index contributed by atoms with van der Waals surface area (Å²) in [7, 11) is 1.60. The van der Waals surface area contributed by atoms with Gasteiger partial charge in [-0.15, -0.1) is 0 Å². The highest BCUT2D eigenvalue weighted by Crippen LogP contribution is 2.25. The van der Waals surface area contributed by atoms with Crippen LogP contribution in [0.1, 0.15) is 11.1 Å². The molecule has 0 saturated carbocycles. The zero-order chi connectivity index (χ0) is 15.2. The van der Waals surface area contributed by atoms with Crippen molar-refractivity contribution >= 4 is 17.6 Å². The van der Waals surface area contributed by atoms with E-state index in [4.69, 9.17) is 10.1 Å². The molecular formula is C15H15N3O3. The number of hydrogen-bond acceptors (Lipinski definition) is 5. The number of hydrogen-bond donors (Lipinski definition) is 2. The van der Waals surface area contributed by atoms with Gasteiger partial charge in [-0.3, -0.25) is 10.1 Å². The van der Waals surface area contributed by atoms with Gasteiger partial charge in [-0.25, -0.2) is 0 Å². The van der Waals surface area contributed by atoms with Crippen LogP contribution in [0.2, 0.25) is 0 Å². The molecule has 2 aromatic carbocycles. The average molecular weight is 285 g/mol. The molecular weight excluding hydrogens is 270 g/mol. The van der Waals surface area contributed by atoms with Gasteiger partial charge in [-0.05, 0) is 23.8 Å². The van der Waals surface area contributed by atoms with E-state index in [0.29, 0.717) is 12.2 Å². The van der Waals surface area contributed by atoms with Crippen LogP contribution < -0.4 is 10.1 Å². The number of nitrogens with zero attached hydrogens (tertiary/aromatic N) is 1. The fourth-order valence-corrected chi connectivity index (χ4v) is 1.96. The molecule has 2 N–H and O–H groups in total. The maximum Gasteiger partial charge on any atom is 0.280 e. The number of nitro benzene ring substituents is 1. The van der Waals surface area contributed by atoms with Gasteiger partial charge in [0.1, 0.15) is 5.75 Å². The van der Waals surface area contributed by atoms with Crippen LogP contribution in [-0.2, 0) is 6.54 Å². The molecule has 6 heteroatoms. The Labute approximate surface area is 122 Å². The van der Waals surface area contributed by atoms with Crippen molar-refractivity contribution in [2.24, 2.45) is 0 Å². The molecule has 2 rings (SSSR count). The third-order valence-electron chi connectivity index (χ3n) is 3.07. The monoisotopic (exact) mass is 285 g/mol. The van der Waals surface area contributed by atoms with Crippen molar-refractivity contribution in [3.8, 4) is 5.75 Å². The molecule has 0 heterocycles. The minimum absolute atomic E-state index is 0.0790. The summed E-state index contributed by atoms with van der Waals surface area (Å²) in [6, 6.07) is 12.2. The fraction of sp³-hybridized carbons (Fsp3) is 0.133. The quantitative estimate of drug-likeness (QED) is 0.484. The lowest BCUT2D eigenvalue weighted by molar-refractivity contribution is -0.384. The summed E-state index contributed by atoms with van der Waals surface area (Å²) < 4.78 is 5.09. The van der Waals surface area contributed by atoms with Crippen molar-refractivity contribution in [3.63, 3.8) is 0 Å². The molecule has 0 atom stereocenters. The number of methoxy groups -OCH3 is 1. The molecule has 108 valence electrons. The number of ether oxygens (including phenoxy) is 1. The highest BCUT2D eigenvalue weighted by atomic mass is 16.6. The Bertz CT molecular complexity index is 654. The summed E-state index contributed by atoms with van der Waals surface area (Å²) >= 11 is 0. The Kier molecular flexibility index (Phi) is 4.50. The van der Waals surface area contributed by atoms with Crippen molar-refractivity contribution in [2.45, 2.75) is 6.54 Å². The van der Waals surface area contributed by atoms with Crippen molar-refractivity contribution < 1.29 is 9.66 Å². The van der Waals surface area contributed by atoms with Crippen LogP contribution in [0.25, 0.3) is 0 Å². The number of rotatable bonds is 6. The minimum atomic E-state index is -0.487. The van der Waals surface area contributed by atoms with Gasteiger partial charge in [0, 0.05) is 18.8 Å². The van der Waals surface area contributed by atoms with Gasteiger partial charge in [0.15, 0.2) is 0 Å². The van der Waals surface area contributed by atoms with Gasteiger partial charge in [-0.2, -0.15) is 0 Å². The predicted molar refractivity (Wildman–Crippen MR) is 81.3 cm³/mol. The summed E-state index contributed by atoms with van der Waals surface area (Å²) in [5.41, 5.74) is 1.77. The summed E-state index contributed by atoms with van der Waals surface area (Å²) in [5, 5.41) is 21.4. The standard InChI is InChI=1S/C15H15N3O3/c1-21-12-7-5-11(6-8-12)10-17-14-3-2-4-15(18(19)20)13(14)9-16/h2-9,16-17H,10H2,1H3. The van der Waals surface area contributed by atoms with Crippen molar-refractivity contribution in [1.82, 2.24) is 0 Å². The molecule has 6 nitrogen and oxygen atoms in total. The normalized spacial score (nSPS) is 9.95. The van der Waals surface area contributed by atoms with Crippen molar-refractivity contribution in [1.29, 1.82) is 5.41 Å². The van der Waals surface area contributed by atoms with Gasteiger partial charge in [0.05, 0.1) is 23.3 Å². The molecule has 0 aromatic heterocycles. The Morgan fingerprint density at radius 3 is 2.57 bits per heavy atom. The van der Waals surface area contributed by atoms with E-state index in [1.54, 1.807) is 19.2 Å².